The summed E-state index contributed by atoms with van der Waals surface area (Å²) < 4.78 is 25.2. The fourth-order valence-electron chi connectivity index (χ4n) is 5.45. The van der Waals surface area contributed by atoms with Gasteiger partial charge in [-0.3, -0.25) is 9.80 Å². The van der Waals surface area contributed by atoms with Gasteiger partial charge in [-0.25, -0.2) is 9.18 Å². The molecule has 8 heteroatoms. The minimum atomic E-state index is -0.656. The predicted molar refractivity (Wildman–Crippen MR) is 122 cm³/mol. The van der Waals surface area contributed by atoms with Gasteiger partial charge in [-0.1, -0.05) is 12.1 Å². The van der Waals surface area contributed by atoms with Crippen molar-refractivity contribution < 1.29 is 23.8 Å². The summed E-state index contributed by atoms with van der Waals surface area (Å²) in [5.74, 6) is -0.798. The summed E-state index contributed by atoms with van der Waals surface area (Å²) in [5, 5.41) is 20.2. The van der Waals surface area contributed by atoms with E-state index in [1.807, 2.05) is 19.1 Å². The normalized spacial score (nSPS) is 23.7. The molecule has 0 saturated carbocycles. The number of fused-ring (bicyclic) bond motifs is 2. The van der Waals surface area contributed by atoms with Crippen LogP contribution in [0.1, 0.15) is 55.9 Å². The van der Waals surface area contributed by atoms with Gasteiger partial charge in [-0.2, -0.15) is 5.26 Å². The summed E-state index contributed by atoms with van der Waals surface area (Å²) in [5.41, 5.74) is 4.81. The molecule has 3 aliphatic heterocycles. The van der Waals surface area contributed by atoms with Gasteiger partial charge < -0.3 is 14.6 Å². The molecule has 2 aromatic rings. The number of hydrogen-bond donors (Lipinski definition) is 1. The number of esters is 1. The second-order valence-corrected chi connectivity index (χ2v) is 9.38. The number of nitrogens with zero attached hydrogens (tertiary/aromatic N) is 3. The standard InChI is InChI=1S/C26H28FN3O4/c1-15-18(3-4-20-22(15)14-34-26(20)32)24(31)11-29-7-8-30-12-25(33-13-17(30)10-29)19-5-6-23(27)21(9-28)16(19)2/h3-6,17,24-25,31H,7-8,10-14H2,1-2H3/t17-,24-,25-/m0/s1. The van der Waals surface area contributed by atoms with E-state index in [9.17, 15) is 19.6 Å². The molecule has 0 aromatic heterocycles. The van der Waals surface area contributed by atoms with E-state index < -0.39 is 11.9 Å². The second-order valence-electron chi connectivity index (χ2n) is 9.38. The number of carbonyl (C=O) groups is 1. The molecule has 0 amide bonds. The zero-order chi connectivity index (χ0) is 24.0. The molecule has 3 atom stereocenters. The topological polar surface area (TPSA) is 86.0 Å². The number of morpholine rings is 1. The molecule has 0 spiro atoms. The zero-order valence-corrected chi connectivity index (χ0v) is 19.4. The van der Waals surface area contributed by atoms with E-state index in [4.69, 9.17) is 9.47 Å². The molecular formula is C26H28FN3O4. The Bertz CT molecular complexity index is 1180. The number of benzene rings is 2. The Balaban J connectivity index is 1.22. The van der Waals surface area contributed by atoms with Gasteiger partial charge in [0.05, 0.1) is 29.9 Å². The maximum absolute atomic E-state index is 13.9. The lowest BCUT2D eigenvalue weighted by atomic mass is 9.94. The molecule has 34 heavy (non-hydrogen) atoms. The summed E-state index contributed by atoms with van der Waals surface area (Å²) in [4.78, 5) is 16.4. The predicted octanol–water partition coefficient (Wildman–Crippen LogP) is 2.78. The molecule has 2 fully saturated rings. The summed E-state index contributed by atoms with van der Waals surface area (Å²) in [7, 11) is 0. The minimum Gasteiger partial charge on any atom is -0.457 e. The molecule has 2 aromatic carbocycles. The van der Waals surface area contributed by atoms with Gasteiger partial charge in [-0.15, -0.1) is 0 Å². The van der Waals surface area contributed by atoms with E-state index in [2.05, 4.69) is 9.80 Å². The number of ether oxygens (including phenoxy) is 2. The fraction of sp³-hybridized carbons (Fsp3) is 0.462. The van der Waals surface area contributed by atoms with Crippen molar-refractivity contribution in [1.29, 1.82) is 5.26 Å². The zero-order valence-electron chi connectivity index (χ0n) is 19.4. The molecule has 2 saturated heterocycles. The van der Waals surface area contributed by atoms with Crippen molar-refractivity contribution >= 4 is 5.97 Å². The number of rotatable bonds is 4. The van der Waals surface area contributed by atoms with Crippen molar-refractivity contribution in [3.05, 3.63) is 69.0 Å². The highest BCUT2D eigenvalue weighted by Gasteiger charge is 2.36. The highest BCUT2D eigenvalue weighted by Crippen LogP contribution is 2.32. The molecule has 5 rings (SSSR count). The highest BCUT2D eigenvalue weighted by atomic mass is 19.1. The van der Waals surface area contributed by atoms with Crippen LogP contribution in [0, 0.1) is 31.0 Å². The van der Waals surface area contributed by atoms with Crippen molar-refractivity contribution in [2.24, 2.45) is 0 Å². The Kier molecular flexibility index (Phi) is 6.13. The largest absolute Gasteiger partial charge is 0.457 e. The van der Waals surface area contributed by atoms with Gasteiger partial charge in [0.15, 0.2) is 0 Å². The van der Waals surface area contributed by atoms with Crippen LogP contribution in [0.4, 0.5) is 4.39 Å². The van der Waals surface area contributed by atoms with Gasteiger partial charge >= 0.3 is 5.97 Å². The Labute approximate surface area is 198 Å². The van der Waals surface area contributed by atoms with Crippen LogP contribution in [0.2, 0.25) is 0 Å². The van der Waals surface area contributed by atoms with Crippen molar-refractivity contribution in [3.63, 3.8) is 0 Å². The first-order chi connectivity index (χ1) is 16.4. The Morgan fingerprint density at radius 3 is 2.82 bits per heavy atom. The number of hydrogen-bond acceptors (Lipinski definition) is 7. The summed E-state index contributed by atoms with van der Waals surface area (Å²) >= 11 is 0. The van der Waals surface area contributed by atoms with Crippen LogP contribution in [0.3, 0.4) is 0 Å². The first-order valence-corrected chi connectivity index (χ1v) is 11.6. The van der Waals surface area contributed by atoms with Crippen LogP contribution in [0.15, 0.2) is 24.3 Å². The van der Waals surface area contributed by atoms with Gasteiger partial charge in [0, 0.05) is 44.3 Å². The summed E-state index contributed by atoms with van der Waals surface area (Å²) in [6, 6.07) is 8.81. The smallest absolute Gasteiger partial charge is 0.338 e. The minimum absolute atomic E-state index is 0.0832. The number of aliphatic hydroxyl groups excluding tert-OH is 1. The molecular weight excluding hydrogens is 437 g/mol. The van der Waals surface area contributed by atoms with E-state index in [-0.39, 0.29) is 30.3 Å². The van der Waals surface area contributed by atoms with E-state index in [0.717, 1.165) is 41.9 Å². The number of nitriles is 1. The molecule has 0 bridgehead atoms. The Morgan fingerprint density at radius 1 is 1.21 bits per heavy atom. The number of cyclic esters (lactones) is 1. The van der Waals surface area contributed by atoms with Crippen LogP contribution in [-0.4, -0.2) is 66.2 Å². The summed E-state index contributed by atoms with van der Waals surface area (Å²) in [6.45, 7) is 8.14. The van der Waals surface area contributed by atoms with Gasteiger partial charge in [0.2, 0.25) is 0 Å². The molecule has 3 heterocycles. The highest BCUT2D eigenvalue weighted by molar-refractivity contribution is 5.93. The van der Waals surface area contributed by atoms with Gasteiger partial charge in [-0.05, 0) is 48.2 Å². The third-order valence-corrected chi connectivity index (χ3v) is 7.49. The molecule has 7 nitrogen and oxygen atoms in total. The van der Waals surface area contributed by atoms with Gasteiger partial charge in [0.25, 0.3) is 0 Å². The average molecular weight is 466 g/mol. The SMILES string of the molecule is Cc1c([C@@H]2CN3CCN(C[C@H](O)c4ccc5c(c4C)COC5=O)C[C@H]3CO2)ccc(F)c1C#N. The summed E-state index contributed by atoms with van der Waals surface area (Å²) in [6.07, 6.45) is -0.851. The van der Waals surface area contributed by atoms with E-state index >= 15 is 0 Å². The van der Waals surface area contributed by atoms with Crippen LogP contribution in [-0.2, 0) is 16.1 Å². The third-order valence-electron chi connectivity index (χ3n) is 7.49. The first-order valence-electron chi connectivity index (χ1n) is 11.6. The van der Waals surface area contributed by atoms with Crippen LogP contribution < -0.4 is 0 Å². The molecule has 1 N–H and O–H groups in total. The quantitative estimate of drug-likeness (QED) is 0.695. The monoisotopic (exact) mass is 465 g/mol. The lowest BCUT2D eigenvalue weighted by Crippen LogP contribution is -2.58. The van der Waals surface area contributed by atoms with E-state index in [1.165, 1.54) is 6.07 Å². The number of carbonyl (C=O) groups excluding carboxylic acids is 1. The lowest BCUT2D eigenvalue weighted by Gasteiger charge is -2.46. The van der Waals surface area contributed by atoms with Crippen LogP contribution in [0.5, 0.6) is 0 Å². The lowest BCUT2D eigenvalue weighted by molar-refractivity contribution is -0.0939. The first kappa shape index (κ1) is 22.9. The number of piperazine rings is 1. The molecule has 0 unspecified atom stereocenters. The van der Waals surface area contributed by atoms with E-state index in [0.29, 0.717) is 30.8 Å². The average Bonchev–Trinajstić information content (AvgIpc) is 3.21. The molecule has 178 valence electrons. The van der Waals surface area contributed by atoms with Crippen LogP contribution in [0.25, 0.3) is 0 Å². The maximum atomic E-state index is 13.9. The fourth-order valence-corrected chi connectivity index (χ4v) is 5.45. The van der Waals surface area contributed by atoms with Crippen molar-refractivity contribution in [3.8, 4) is 6.07 Å². The van der Waals surface area contributed by atoms with Crippen molar-refractivity contribution in [2.45, 2.75) is 38.7 Å². The van der Waals surface area contributed by atoms with Gasteiger partial charge in [0.1, 0.15) is 18.5 Å². The Hall–Kier alpha value is -2.83. The molecule has 0 aliphatic carbocycles. The van der Waals surface area contributed by atoms with Crippen molar-refractivity contribution in [2.75, 3.05) is 39.3 Å². The molecule has 0 radical (unpaired) electrons. The number of aliphatic hydroxyl groups is 1. The van der Waals surface area contributed by atoms with Crippen molar-refractivity contribution in [1.82, 2.24) is 9.80 Å². The Morgan fingerprint density at radius 2 is 2.03 bits per heavy atom. The second kappa shape index (κ2) is 9.08. The number of β-amino-alcohol motifs (C(OH)–C–C–N with tert-alkyl or cyclic N) is 1. The van der Waals surface area contributed by atoms with Crippen LogP contribution >= 0.6 is 0 Å². The third kappa shape index (κ3) is 3.99. The maximum Gasteiger partial charge on any atom is 0.338 e. The van der Waals surface area contributed by atoms with E-state index in [1.54, 1.807) is 19.1 Å². The number of halogens is 1. The molecule has 3 aliphatic rings.